The Morgan fingerprint density at radius 3 is 2.83 bits per heavy atom. The van der Waals surface area contributed by atoms with Gasteiger partial charge in [0, 0.05) is 25.3 Å². The number of likely N-dealkylation sites (tertiary alicyclic amines) is 1. The maximum Gasteiger partial charge on any atom is 0.270 e. The van der Waals surface area contributed by atoms with Crippen molar-refractivity contribution in [3.63, 3.8) is 0 Å². The maximum atomic E-state index is 12.5. The van der Waals surface area contributed by atoms with Crippen LogP contribution < -0.4 is 5.73 Å². The van der Waals surface area contributed by atoms with Crippen LogP contribution in [0.5, 0.6) is 0 Å². The van der Waals surface area contributed by atoms with Crippen molar-refractivity contribution in [3.8, 4) is 0 Å². The molecule has 98 valence electrons. The second-order valence-corrected chi connectivity index (χ2v) is 5.34. The van der Waals surface area contributed by atoms with E-state index in [0.29, 0.717) is 24.0 Å². The van der Waals surface area contributed by atoms with Crippen LogP contribution in [-0.2, 0) is 0 Å². The van der Waals surface area contributed by atoms with E-state index in [1.54, 1.807) is 11.0 Å². The zero-order valence-corrected chi connectivity index (χ0v) is 10.4. The van der Waals surface area contributed by atoms with Crippen molar-refractivity contribution >= 4 is 11.6 Å². The van der Waals surface area contributed by atoms with Crippen LogP contribution in [0.1, 0.15) is 42.2 Å². The van der Waals surface area contributed by atoms with Gasteiger partial charge in [0.05, 0.1) is 11.8 Å². The van der Waals surface area contributed by atoms with E-state index in [2.05, 4.69) is 0 Å². The third-order valence-corrected chi connectivity index (χ3v) is 3.71. The normalized spacial score (nSPS) is 24.3. The summed E-state index contributed by atoms with van der Waals surface area (Å²) in [6, 6.07) is 2.19. The fourth-order valence-corrected chi connectivity index (χ4v) is 2.63. The van der Waals surface area contributed by atoms with Gasteiger partial charge in [0.25, 0.3) is 5.91 Å². The first-order valence-electron chi connectivity index (χ1n) is 6.60. The van der Waals surface area contributed by atoms with Gasteiger partial charge in [-0.25, -0.2) is 0 Å². The van der Waals surface area contributed by atoms with Crippen molar-refractivity contribution < 1.29 is 9.90 Å². The van der Waals surface area contributed by atoms with Crippen molar-refractivity contribution in [2.45, 2.75) is 37.8 Å². The molecule has 1 aliphatic carbocycles. The summed E-state index contributed by atoms with van der Waals surface area (Å²) in [5.74, 6) is -0.00245. The molecule has 0 aromatic carbocycles. The lowest BCUT2D eigenvalue weighted by Gasteiger charge is -2.30. The summed E-state index contributed by atoms with van der Waals surface area (Å²) in [5, 5.41) is 9.65. The van der Waals surface area contributed by atoms with Crippen LogP contribution in [0.3, 0.4) is 0 Å². The monoisotopic (exact) mass is 249 g/mol. The molecule has 1 amide bonds. The summed E-state index contributed by atoms with van der Waals surface area (Å²) < 4.78 is 2.00. The highest BCUT2D eigenvalue weighted by atomic mass is 16.3. The van der Waals surface area contributed by atoms with E-state index in [1.807, 2.05) is 10.8 Å². The predicted octanol–water partition coefficient (Wildman–Crippen LogP) is 1.00. The maximum absolute atomic E-state index is 12.5. The molecular weight excluding hydrogens is 230 g/mol. The minimum absolute atomic E-state index is 0.00245. The predicted molar refractivity (Wildman–Crippen MR) is 68.3 cm³/mol. The molecule has 2 fully saturated rings. The standard InChI is InChI=1S/C13H19N3O2/c14-9-6-12(16(7-9)10-3-4-10)13(18)15-5-1-2-11(17)8-15/h6-7,10-11,17H,1-5,8,14H2/t11-/m0/s1. The van der Waals surface area contributed by atoms with Crippen LogP contribution in [0.4, 0.5) is 5.69 Å². The second-order valence-electron chi connectivity index (χ2n) is 5.34. The molecule has 0 unspecified atom stereocenters. The number of hydrogen-bond acceptors (Lipinski definition) is 3. The highest BCUT2D eigenvalue weighted by Gasteiger charge is 2.30. The Balaban J connectivity index is 1.82. The number of carbonyl (C=O) groups is 1. The molecule has 5 heteroatoms. The quantitative estimate of drug-likeness (QED) is 0.821. The van der Waals surface area contributed by atoms with Crippen molar-refractivity contribution in [1.82, 2.24) is 9.47 Å². The van der Waals surface area contributed by atoms with E-state index in [1.165, 1.54) is 0 Å². The third-order valence-electron chi connectivity index (χ3n) is 3.71. The van der Waals surface area contributed by atoms with Crippen LogP contribution in [0.15, 0.2) is 12.3 Å². The molecular formula is C13H19N3O2. The largest absolute Gasteiger partial charge is 0.397 e. The van der Waals surface area contributed by atoms with Crippen molar-refractivity contribution in [2.24, 2.45) is 0 Å². The summed E-state index contributed by atoms with van der Waals surface area (Å²) in [6.07, 6.45) is 5.37. The first kappa shape index (κ1) is 11.6. The molecule has 5 nitrogen and oxygen atoms in total. The summed E-state index contributed by atoms with van der Waals surface area (Å²) >= 11 is 0. The van der Waals surface area contributed by atoms with E-state index in [0.717, 1.165) is 32.2 Å². The summed E-state index contributed by atoms with van der Waals surface area (Å²) in [5.41, 5.74) is 7.11. The van der Waals surface area contributed by atoms with Gasteiger partial charge >= 0.3 is 0 Å². The summed E-state index contributed by atoms with van der Waals surface area (Å²) in [7, 11) is 0. The number of nitrogens with zero attached hydrogens (tertiary/aromatic N) is 2. The molecule has 3 rings (SSSR count). The highest BCUT2D eigenvalue weighted by Crippen LogP contribution is 2.37. The van der Waals surface area contributed by atoms with Crippen molar-refractivity contribution in [2.75, 3.05) is 18.8 Å². The lowest BCUT2D eigenvalue weighted by Crippen LogP contribution is -2.42. The lowest BCUT2D eigenvalue weighted by atomic mass is 10.1. The topological polar surface area (TPSA) is 71.5 Å². The number of piperidine rings is 1. The molecule has 0 spiro atoms. The van der Waals surface area contributed by atoms with E-state index < -0.39 is 0 Å². The molecule has 1 aromatic heterocycles. The fourth-order valence-electron chi connectivity index (χ4n) is 2.63. The molecule has 1 aliphatic heterocycles. The second kappa shape index (κ2) is 4.31. The lowest BCUT2D eigenvalue weighted by molar-refractivity contribution is 0.0465. The van der Waals surface area contributed by atoms with Gasteiger partial charge in [0.2, 0.25) is 0 Å². The number of carbonyl (C=O) groups excluding carboxylic acids is 1. The summed E-state index contributed by atoms with van der Waals surface area (Å²) in [4.78, 5) is 14.2. The van der Waals surface area contributed by atoms with Gasteiger partial charge in [0.1, 0.15) is 5.69 Å². The minimum Gasteiger partial charge on any atom is -0.397 e. The Morgan fingerprint density at radius 1 is 1.39 bits per heavy atom. The van der Waals surface area contributed by atoms with Gasteiger partial charge < -0.3 is 20.3 Å². The molecule has 1 aromatic rings. The van der Waals surface area contributed by atoms with Gasteiger partial charge in [0.15, 0.2) is 0 Å². The van der Waals surface area contributed by atoms with Crippen molar-refractivity contribution in [3.05, 3.63) is 18.0 Å². The van der Waals surface area contributed by atoms with Gasteiger partial charge in [-0.1, -0.05) is 0 Å². The van der Waals surface area contributed by atoms with Gasteiger partial charge in [-0.3, -0.25) is 4.79 Å². The van der Waals surface area contributed by atoms with Crippen LogP contribution in [0, 0.1) is 0 Å². The van der Waals surface area contributed by atoms with E-state index >= 15 is 0 Å². The smallest absolute Gasteiger partial charge is 0.270 e. The SMILES string of the molecule is Nc1cc(C(=O)N2CCC[C@H](O)C2)n(C2CC2)c1. The first-order chi connectivity index (χ1) is 8.65. The van der Waals surface area contributed by atoms with E-state index in [4.69, 9.17) is 5.73 Å². The minimum atomic E-state index is -0.385. The van der Waals surface area contributed by atoms with Crippen LogP contribution >= 0.6 is 0 Å². The Hall–Kier alpha value is -1.49. The number of nitrogens with two attached hydrogens (primary N) is 1. The average Bonchev–Trinajstić information content (AvgIpc) is 3.12. The molecule has 2 aliphatic rings. The average molecular weight is 249 g/mol. The molecule has 2 heterocycles. The number of nitrogen functional groups attached to an aromatic ring is 1. The Kier molecular flexibility index (Phi) is 2.78. The molecule has 0 bridgehead atoms. The van der Waals surface area contributed by atoms with Crippen LogP contribution in [0.2, 0.25) is 0 Å². The Morgan fingerprint density at radius 2 is 2.17 bits per heavy atom. The van der Waals surface area contributed by atoms with Crippen molar-refractivity contribution in [1.29, 1.82) is 0 Å². The number of aliphatic hydroxyl groups excluding tert-OH is 1. The van der Waals surface area contributed by atoms with Crippen LogP contribution in [0.25, 0.3) is 0 Å². The highest BCUT2D eigenvalue weighted by molar-refractivity contribution is 5.94. The fraction of sp³-hybridized carbons (Fsp3) is 0.615. The van der Waals surface area contributed by atoms with Gasteiger partial charge in [-0.05, 0) is 31.7 Å². The molecule has 0 radical (unpaired) electrons. The number of aromatic nitrogens is 1. The van der Waals surface area contributed by atoms with Gasteiger partial charge in [-0.2, -0.15) is 0 Å². The molecule has 1 saturated heterocycles. The summed E-state index contributed by atoms with van der Waals surface area (Å²) in [6.45, 7) is 1.17. The molecule has 1 saturated carbocycles. The Labute approximate surface area is 106 Å². The Bertz CT molecular complexity index is 465. The van der Waals surface area contributed by atoms with Gasteiger partial charge in [-0.15, -0.1) is 0 Å². The number of aliphatic hydroxyl groups is 1. The molecule has 3 N–H and O–H groups in total. The number of amides is 1. The zero-order chi connectivity index (χ0) is 12.7. The number of hydrogen-bond donors (Lipinski definition) is 2. The first-order valence-corrected chi connectivity index (χ1v) is 6.60. The van der Waals surface area contributed by atoms with E-state index in [-0.39, 0.29) is 12.0 Å². The molecule has 18 heavy (non-hydrogen) atoms. The van der Waals surface area contributed by atoms with Crippen LogP contribution in [-0.4, -0.2) is 39.7 Å². The molecule has 1 atom stereocenters. The van der Waals surface area contributed by atoms with E-state index in [9.17, 15) is 9.90 Å². The number of rotatable bonds is 2. The number of β-amino-alcohol motifs (C(OH)–C–C–N with tert-alkyl or cyclic N) is 1. The zero-order valence-electron chi connectivity index (χ0n) is 10.4. The third kappa shape index (κ3) is 2.10. The number of anilines is 1.